The van der Waals surface area contributed by atoms with Crippen molar-refractivity contribution in [3.63, 3.8) is 0 Å². The highest BCUT2D eigenvalue weighted by Crippen LogP contribution is 2.07. The third-order valence-electron chi connectivity index (χ3n) is 2.31. The Hall–Kier alpha value is -1.79. The van der Waals surface area contributed by atoms with Crippen LogP contribution in [0.15, 0.2) is 0 Å². The van der Waals surface area contributed by atoms with Gasteiger partial charge >= 0.3 is 12.1 Å². The van der Waals surface area contributed by atoms with E-state index in [-0.39, 0.29) is 0 Å². The average Bonchev–Trinajstić information content (AvgIpc) is 2.25. The lowest BCUT2D eigenvalue weighted by atomic mass is 10.1. The van der Waals surface area contributed by atoms with Crippen molar-refractivity contribution in [2.75, 3.05) is 0 Å². The second-order valence-electron chi connectivity index (χ2n) is 5.56. The van der Waals surface area contributed by atoms with Gasteiger partial charge in [0.25, 0.3) is 0 Å². The van der Waals surface area contributed by atoms with Gasteiger partial charge in [-0.2, -0.15) is 0 Å². The number of carboxylic acids is 1. The molecule has 0 radical (unpaired) electrons. The maximum atomic E-state index is 11.9. The summed E-state index contributed by atoms with van der Waals surface area (Å²) in [7, 11) is 0. The number of carbonyl (C=O) groups is 3. The van der Waals surface area contributed by atoms with Crippen LogP contribution in [0.3, 0.4) is 0 Å². The Bertz CT molecular complexity index is 362. The van der Waals surface area contributed by atoms with Crippen LogP contribution in [0.1, 0.15) is 47.5 Å². The van der Waals surface area contributed by atoms with E-state index in [1.165, 1.54) is 6.92 Å². The van der Waals surface area contributed by atoms with Gasteiger partial charge in [0, 0.05) is 0 Å². The van der Waals surface area contributed by atoms with E-state index in [1.54, 1.807) is 20.8 Å². The summed E-state index contributed by atoms with van der Waals surface area (Å²) < 4.78 is 5.07. The molecule has 116 valence electrons. The van der Waals surface area contributed by atoms with Crippen LogP contribution in [0.5, 0.6) is 0 Å². The van der Waals surface area contributed by atoms with E-state index >= 15 is 0 Å². The number of amides is 2. The van der Waals surface area contributed by atoms with Gasteiger partial charge in [0.1, 0.15) is 17.7 Å². The molecule has 0 rings (SSSR count). The molecule has 0 aliphatic heterocycles. The van der Waals surface area contributed by atoms with Crippen molar-refractivity contribution in [3.05, 3.63) is 0 Å². The van der Waals surface area contributed by atoms with E-state index < -0.39 is 35.7 Å². The molecule has 0 saturated carbocycles. The summed E-state index contributed by atoms with van der Waals surface area (Å²) in [5.74, 6) is -1.67. The van der Waals surface area contributed by atoms with Gasteiger partial charge in [0.2, 0.25) is 5.91 Å². The van der Waals surface area contributed by atoms with Crippen LogP contribution in [0.4, 0.5) is 4.79 Å². The Balaban J connectivity index is 4.59. The fraction of sp³-hybridized carbons (Fsp3) is 0.769. The molecule has 0 aromatic carbocycles. The van der Waals surface area contributed by atoms with Crippen molar-refractivity contribution < 1.29 is 24.2 Å². The van der Waals surface area contributed by atoms with Crippen molar-refractivity contribution in [2.45, 2.75) is 65.1 Å². The monoisotopic (exact) mass is 288 g/mol. The van der Waals surface area contributed by atoms with E-state index in [1.807, 2.05) is 6.92 Å². The topological polar surface area (TPSA) is 105 Å². The first kappa shape index (κ1) is 18.2. The zero-order chi connectivity index (χ0) is 15.9. The van der Waals surface area contributed by atoms with Gasteiger partial charge in [-0.25, -0.2) is 4.79 Å². The highest BCUT2D eigenvalue weighted by molar-refractivity contribution is 5.89. The normalized spacial score (nSPS) is 14.1. The van der Waals surface area contributed by atoms with Crippen LogP contribution in [-0.2, 0) is 14.3 Å². The van der Waals surface area contributed by atoms with Crippen LogP contribution in [0, 0.1) is 0 Å². The number of hydrogen-bond acceptors (Lipinski definition) is 4. The first-order valence-corrected chi connectivity index (χ1v) is 6.59. The number of nitrogens with one attached hydrogen (secondary N) is 2. The van der Waals surface area contributed by atoms with E-state index in [2.05, 4.69) is 10.6 Å². The second-order valence-corrected chi connectivity index (χ2v) is 5.56. The molecule has 2 amide bonds. The van der Waals surface area contributed by atoms with Crippen molar-refractivity contribution in [2.24, 2.45) is 0 Å². The fourth-order valence-corrected chi connectivity index (χ4v) is 1.38. The molecule has 7 nitrogen and oxygen atoms in total. The van der Waals surface area contributed by atoms with Crippen molar-refractivity contribution >= 4 is 18.0 Å². The molecule has 0 saturated heterocycles. The number of carboxylic acid groups (broad SMARTS) is 1. The van der Waals surface area contributed by atoms with Crippen LogP contribution < -0.4 is 10.6 Å². The summed E-state index contributed by atoms with van der Waals surface area (Å²) in [4.78, 5) is 34.2. The molecule has 20 heavy (non-hydrogen) atoms. The third-order valence-corrected chi connectivity index (χ3v) is 2.31. The fourth-order valence-electron chi connectivity index (χ4n) is 1.38. The summed E-state index contributed by atoms with van der Waals surface area (Å²) in [5, 5.41) is 13.5. The SMILES string of the molecule is CCCC(NC(=O)OC(C)(C)C)C(=O)NC(C)C(=O)O. The van der Waals surface area contributed by atoms with Gasteiger partial charge in [-0.05, 0) is 34.1 Å². The zero-order valence-electron chi connectivity index (χ0n) is 12.6. The van der Waals surface area contributed by atoms with Gasteiger partial charge in [0.15, 0.2) is 0 Å². The van der Waals surface area contributed by atoms with Crippen LogP contribution in [0.2, 0.25) is 0 Å². The Morgan fingerprint density at radius 1 is 1.20 bits per heavy atom. The molecule has 0 aliphatic carbocycles. The standard InChI is InChI=1S/C13H24N2O5/c1-6-7-9(10(16)14-8(2)11(17)18)15-12(19)20-13(3,4)5/h8-9H,6-7H2,1-5H3,(H,14,16)(H,15,19)(H,17,18). The maximum Gasteiger partial charge on any atom is 0.408 e. The van der Waals surface area contributed by atoms with Gasteiger partial charge in [-0.15, -0.1) is 0 Å². The molecule has 0 spiro atoms. The largest absolute Gasteiger partial charge is 0.480 e. The molecule has 7 heteroatoms. The minimum Gasteiger partial charge on any atom is -0.480 e. The average molecular weight is 288 g/mol. The highest BCUT2D eigenvalue weighted by Gasteiger charge is 2.25. The van der Waals surface area contributed by atoms with Crippen molar-refractivity contribution in [1.29, 1.82) is 0 Å². The molecule has 0 aliphatic rings. The number of ether oxygens (including phenoxy) is 1. The number of carbonyl (C=O) groups excluding carboxylic acids is 2. The molecule has 0 aromatic heterocycles. The Kier molecular flexibility index (Phi) is 7.02. The summed E-state index contributed by atoms with van der Waals surface area (Å²) in [5.41, 5.74) is -0.661. The van der Waals surface area contributed by atoms with Crippen LogP contribution in [0.25, 0.3) is 0 Å². The van der Waals surface area contributed by atoms with Crippen molar-refractivity contribution in [3.8, 4) is 0 Å². The number of hydrogen-bond donors (Lipinski definition) is 3. The zero-order valence-corrected chi connectivity index (χ0v) is 12.6. The molecule has 0 heterocycles. The van der Waals surface area contributed by atoms with E-state index in [4.69, 9.17) is 9.84 Å². The quantitative estimate of drug-likeness (QED) is 0.682. The van der Waals surface area contributed by atoms with Gasteiger partial charge in [-0.3, -0.25) is 9.59 Å². The predicted octanol–water partition coefficient (Wildman–Crippen LogP) is 1.27. The summed E-state index contributed by atoms with van der Waals surface area (Å²) in [6.45, 7) is 8.37. The first-order valence-electron chi connectivity index (χ1n) is 6.59. The molecule has 2 unspecified atom stereocenters. The predicted molar refractivity (Wildman–Crippen MR) is 73.3 cm³/mol. The maximum absolute atomic E-state index is 11.9. The number of alkyl carbamates (subject to hydrolysis) is 1. The highest BCUT2D eigenvalue weighted by atomic mass is 16.6. The summed E-state index contributed by atoms with van der Waals surface area (Å²) in [6, 6.07) is -1.82. The number of aliphatic carboxylic acids is 1. The second kappa shape index (κ2) is 7.72. The first-order chi connectivity index (χ1) is 9.06. The third kappa shape index (κ3) is 7.60. The lowest BCUT2D eigenvalue weighted by Gasteiger charge is -2.23. The molecular weight excluding hydrogens is 264 g/mol. The molecule has 3 N–H and O–H groups in total. The molecule has 0 bridgehead atoms. The molecule has 2 atom stereocenters. The van der Waals surface area contributed by atoms with Gasteiger partial charge < -0.3 is 20.5 Å². The lowest BCUT2D eigenvalue weighted by molar-refractivity contribution is -0.141. The Morgan fingerprint density at radius 3 is 2.15 bits per heavy atom. The molecule has 0 aromatic rings. The van der Waals surface area contributed by atoms with E-state index in [0.717, 1.165) is 0 Å². The minimum atomic E-state index is -1.13. The Morgan fingerprint density at radius 2 is 1.75 bits per heavy atom. The summed E-state index contributed by atoms with van der Waals surface area (Å²) >= 11 is 0. The van der Waals surface area contributed by atoms with Crippen LogP contribution >= 0.6 is 0 Å². The smallest absolute Gasteiger partial charge is 0.408 e. The van der Waals surface area contributed by atoms with Crippen LogP contribution in [-0.4, -0.2) is 40.8 Å². The molecular formula is C13H24N2O5. The van der Waals surface area contributed by atoms with E-state index in [0.29, 0.717) is 12.8 Å². The van der Waals surface area contributed by atoms with Gasteiger partial charge in [-0.1, -0.05) is 13.3 Å². The minimum absolute atomic E-state index is 0.400. The Labute approximate surface area is 119 Å². The van der Waals surface area contributed by atoms with E-state index in [9.17, 15) is 14.4 Å². The molecule has 0 fully saturated rings. The summed E-state index contributed by atoms with van der Waals surface area (Å²) in [6.07, 6.45) is 0.362. The van der Waals surface area contributed by atoms with Gasteiger partial charge in [0.05, 0.1) is 0 Å². The number of rotatable bonds is 6. The lowest BCUT2D eigenvalue weighted by Crippen LogP contribution is -2.51. The van der Waals surface area contributed by atoms with Crippen molar-refractivity contribution in [1.82, 2.24) is 10.6 Å².